The zero-order chi connectivity index (χ0) is 22.8. The van der Waals surface area contributed by atoms with E-state index in [0.717, 1.165) is 46.6 Å². The van der Waals surface area contributed by atoms with Crippen LogP contribution in [0.5, 0.6) is 11.5 Å². The minimum Gasteiger partial charge on any atom is -0.494 e. The molecular weight excluding hydrogens is 412 g/mol. The number of ether oxygens (including phenoxy) is 3. The van der Waals surface area contributed by atoms with Crippen LogP contribution in [-0.2, 0) is 17.6 Å². The highest BCUT2D eigenvalue weighted by atomic mass is 16.5. The molecule has 0 saturated carbocycles. The first-order valence-electron chi connectivity index (χ1n) is 11.2. The molecule has 4 rings (SSSR count). The van der Waals surface area contributed by atoms with Crippen LogP contribution in [0.15, 0.2) is 30.3 Å². The minimum atomic E-state index is -1.42. The van der Waals surface area contributed by atoms with Crippen molar-refractivity contribution in [1.29, 1.82) is 0 Å². The standard InChI is InChI=1S/C25H32O7/c1-3-30-17-8-6-15(7-9-17)11-16-12-19(14(2)24-18(16)5-4-10-31-24)25-23(29)22(28)21(27)20(13-26)32-25/h6-9,12,20-23,25-29H,3-5,10-11,13H2,1-2H3/t20-,21-,22+,23-,25?/m1/s1. The highest BCUT2D eigenvalue weighted by molar-refractivity contribution is 5.53. The Kier molecular flexibility index (Phi) is 7.02. The van der Waals surface area contributed by atoms with Crippen molar-refractivity contribution in [1.82, 2.24) is 0 Å². The van der Waals surface area contributed by atoms with Crippen LogP contribution in [0.3, 0.4) is 0 Å². The molecule has 0 aliphatic carbocycles. The third kappa shape index (κ3) is 4.36. The summed E-state index contributed by atoms with van der Waals surface area (Å²) in [6.07, 6.45) is -3.47. The fourth-order valence-electron chi connectivity index (χ4n) is 4.68. The lowest BCUT2D eigenvalue weighted by atomic mass is 9.84. The summed E-state index contributed by atoms with van der Waals surface area (Å²) >= 11 is 0. The Morgan fingerprint density at radius 3 is 2.50 bits per heavy atom. The molecule has 174 valence electrons. The van der Waals surface area contributed by atoms with Crippen molar-refractivity contribution in [2.45, 2.75) is 63.6 Å². The smallest absolute Gasteiger partial charge is 0.126 e. The number of hydrogen-bond donors (Lipinski definition) is 4. The molecule has 0 aromatic heterocycles. The van der Waals surface area contributed by atoms with E-state index in [-0.39, 0.29) is 0 Å². The molecule has 32 heavy (non-hydrogen) atoms. The van der Waals surface area contributed by atoms with Crippen molar-refractivity contribution in [3.8, 4) is 11.5 Å². The van der Waals surface area contributed by atoms with E-state index in [0.29, 0.717) is 25.2 Å². The average molecular weight is 445 g/mol. The van der Waals surface area contributed by atoms with Crippen LogP contribution in [0.1, 0.15) is 47.3 Å². The molecule has 4 N–H and O–H groups in total. The van der Waals surface area contributed by atoms with Crippen LogP contribution in [0, 0.1) is 6.92 Å². The molecule has 0 amide bonds. The Balaban J connectivity index is 1.72. The summed E-state index contributed by atoms with van der Waals surface area (Å²) in [5, 5.41) is 40.7. The van der Waals surface area contributed by atoms with Crippen LogP contribution in [-0.4, -0.2) is 64.7 Å². The second kappa shape index (κ2) is 9.77. The van der Waals surface area contributed by atoms with E-state index in [1.54, 1.807) is 0 Å². The second-order valence-electron chi connectivity index (χ2n) is 8.51. The van der Waals surface area contributed by atoms with Gasteiger partial charge in [0.1, 0.15) is 42.0 Å². The van der Waals surface area contributed by atoms with Crippen molar-refractivity contribution in [2.24, 2.45) is 0 Å². The summed E-state index contributed by atoms with van der Waals surface area (Å²) in [6, 6.07) is 9.98. The quantitative estimate of drug-likeness (QED) is 0.538. The monoisotopic (exact) mass is 444 g/mol. The van der Waals surface area contributed by atoms with E-state index in [1.807, 2.05) is 44.2 Å². The summed E-state index contributed by atoms with van der Waals surface area (Å²) in [6.45, 7) is 4.65. The van der Waals surface area contributed by atoms with Crippen molar-refractivity contribution in [2.75, 3.05) is 19.8 Å². The van der Waals surface area contributed by atoms with Gasteiger partial charge in [-0.2, -0.15) is 0 Å². The van der Waals surface area contributed by atoms with Gasteiger partial charge in [-0.05, 0) is 73.1 Å². The lowest BCUT2D eigenvalue weighted by molar-refractivity contribution is -0.231. The molecule has 0 bridgehead atoms. The normalized spacial score (nSPS) is 27.5. The van der Waals surface area contributed by atoms with Gasteiger partial charge in [-0.15, -0.1) is 0 Å². The predicted molar refractivity (Wildman–Crippen MR) is 118 cm³/mol. The van der Waals surface area contributed by atoms with Gasteiger partial charge in [0.05, 0.1) is 19.8 Å². The maximum Gasteiger partial charge on any atom is 0.126 e. The Morgan fingerprint density at radius 1 is 1.06 bits per heavy atom. The van der Waals surface area contributed by atoms with Gasteiger partial charge >= 0.3 is 0 Å². The van der Waals surface area contributed by atoms with Crippen LogP contribution < -0.4 is 9.47 Å². The molecule has 2 aromatic carbocycles. The first-order valence-corrected chi connectivity index (χ1v) is 11.2. The zero-order valence-electron chi connectivity index (χ0n) is 18.5. The van der Waals surface area contributed by atoms with Gasteiger partial charge in [0.2, 0.25) is 0 Å². The summed E-state index contributed by atoms with van der Waals surface area (Å²) in [7, 11) is 0. The molecule has 1 saturated heterocycles. The third-order valence-electron chi connectivity index (χ3n) is 6.41. The van der Waals surface area contributed by atoms with Gasteiger partial charge in [0, 0.05) is 0 Å². The van der Waals surface area contributed by atoms with Gasteiger partial charge < -0.3 is 34.6 Å². The van der Waals surface area contributed by atoms with E-state index in [4.69, 9.17) is 14.2 Å². The molecular formula is C25H32O7. The Morgan fingerprint density at radius 2 is 1.81 bits per heavy atom. The molecule has 1 fully saturated rings. The van der Waals surface area contributed by atoms with Crippen molar-refractivity contribution >= 4 is 0 Å². The van der Waals surface area contributed by atoms with E-state index in [9.17, 15) is 20.4 Å². The summed E-state index contributed by atoms with van der Waals surface area (Å²) in [4.78, 5) is 0. The zero-order valence-corrected chi connectivity index (χ0v) is 18.5. The summed E-state index contributed by atoms with van der Waals surface area (Å²) in [5.74, 6) is 1.62. The SMILES string of the molecule is CCOc1ccc(Cc2cc(C3O[C@H](CO)[C@@H](O)[C@H](O)[C@H]3O)c(C)c3c2CCCO3)cc1. The fraction of sp³-hybridized carbons (Fsp3) is 0.520. The molecule has 2 aliphatic rings. The van der Waals surface area contributed by atoms with Gasteiger partial charge in [0.15, 0.2) is 0 Å². The summed E-state index contributed by atoms with van der Waals surface area (Å²) < 4.78 is 17.4. The van der Waals surface area contributed by atoms with Gasteiger partial charge in [-0.1, -0.05) is 18.2 Å². The third-order valence-corrected chi connectivity index (χ3v) is 6.41. The molecule has 1 unspecified atom stereocenters. The Hall–Kier alpha value is -2.16. The maximum atomic E-state index is 10.7. The van der Waals surface area contributed by atoms with Crippen LogP contribution in [0.25, 0.3) is 0 Å². The van der Waals surface area contributed by atoms with E-state index in [1.165, 1.54) is 0 Å². The largest absolute Gasteiger partial charge is 0.494 e. The number of benzene rings is 2. The number of aliphatic hydroxyl groups excluding tert-OH is 4. The minimum absolute atomic E-state index is 0.457. The van der Waals surface area contributed by atoms with Crippen molar-refractivity contribution in [3.63, 3.8) is 0 Å². The second-order valence-corrected chi connectivity index (χ2v) is 8.51. The highest BCUT2D eigenvalue weighted by Crippen LogP contribution is 2.41. The van der Waals surface area contributed by atoms with Crippen LogP contribution >= 0.6 is 0 Å². The first-order chi connectivity index (χ1) is 15.4. The van der Waals surface area contributed by atoms with Gasteiger partial charge in [-0.3, -0.25) is 0 Å². The lowest BCUT2D eigenvalue weighted by Gasteiger charge is -2.41. The van der Waals surface area contributed by atoms with Crippen molar-refractivity contribution in [3.05, 3.63) is 58.1 Å². The highest BCUT2D eigenvalue weighted by Gasteiger charge is 2.45. The number of hydrogen-bond acceptors (Lipinski definition) is 7. The molecule has 2 heterocycles. The molecule has 0 radical (unpaired) electrons. The van der Waals surface area contributed by atoms with E-state index in [2.05, 4.69) is 0 Å². The van der Waals surface area contributed by atoms with Gasteiger partial charge in [-0.25, -0.2) is 0 Å². The molecule has 2 aromatic rings. The Bertz CT molecular complexity index is 925. The maximum absolute atomic E-state index is 10.7. The average Bonchev–Trinajstić information content (AvgIpc) is 2.81. The van der Waals surface area contributed by atoms with E-state index >= 15 is 0 Å². The fourth-order valence-corrected chi connectivity index (χ4v) is 4.68. The molecule has 5 atom stereocenters. The lowest BCUT2D eigenvalue weighted by Crippen LogP contribution is -2.55. The first kappa shape index (κ1) is 23.0. The number of fused-ring (bicyclic) bond motifs is 1. The van der Waals surface area contributed by atoms with E-state index < -0.39 is 37.1 Å². The number of aliphatic hydroxyl groups is 4. The van der Waals surface area contributed by atoms with Crippen LogP contribution in [0.4, 0.5) is 0 Å². The molecule has 2 aliphatic heterocycles. The van der Waals surface area contributed by atoms with Crippen molar-refractivity contribution < 1.29 is 34.6 Å². The predicted octanol–water partition coefficient (Wildman–Crippen LogP) is 1.82. The summed E-state index contributed by atoms with van der Waals surface area (Å²) in [5.41, 5.74) is 4.88. The van der Waals surface area contributed by atoms with Gasteiger partial charge in [0.25, 0.3) is 0 Å². The van der Waals surface area contributed by atoms with Crippen LogP contribution in [0.2, 0.25) is 0 Å². The number of rotatable bonds is 6. The topological polar surface area (TPSA) is 109 Å². The molecule has 7 nitrogen and oxygen atoms in total. The molecule has 7 heteroatoms. The Labute approximate surface area is 188 Å². The molecule has 0 spiro atoms.